The monoisotopic (exact) mass is 276 g/mol. The van der Waals surface area contributed by atoms with Crippen LogP contribution in [-0.4, -0.2) is 4.98 Å². The van der Waals surface area contributed by atoms with Crippen molar-refractivity contribution in [2.24, 2.45) is 0 Å². The van der Waals surface area contributed by atoms with Crippen LogP contribution in [0.15, 0.2) is 35.1 Å². The van der Waals surface area contributed by atoms with Gasteiger partial charge in [0, 0.05) is 17.8 Å². The van der Waals surface area contributed by atoms with Crippen LogP contribution in [0.5, 0.6) is 0 Å². The van der Waals surface area contributed by atoms with Crippen LogP contribution in [-0.2, 0) is 6.42 Å². The number of rotatable bonds is 2. The summed E-state index contributed by atoms with van der Waals surface area (Å²) >= 11 is 0. The number of aromatic nitrogens is 1. The molecule has 2 aromatic rings. The second kappa shape index (κ2) is 5.07. The molecule has 0 saturated heterocycles. The Labute approximate surface area is 114 Å². The lowest BCUT2D eigenvalue weighted by atomic mass is 9.91. The number of hydrogen-bond acceptors (Lipinski definition) is 2. The molecule has 1 aliphatic rings. The first kappa shape index (κ1) is 12.8. The van der Waals surface area contributed by atoms with E-state index in [4.69, 9.17) is 0 Å². The van der Waals surface area contributed by atoms with Gasteiger partial charge in [-0.2, -0.15) is 0 Å². The van der Waals surface area contributed by atoms with Crippen molar-refractivity contribution in [3.05, 3.63) is 63.6 Å². The van der Waals surface area contributed by atoms with Crippen LogP contribution in [0.1, 0.15) is 30.1 Å². The molecule has 1 aromatic heterocycles. The summed E-state index contributed by atoms with van der Waals surface area (Å²) in [7, 11) is 0. The fourth-order valence-electron chi connectivity index (χ4n) is 2.64. The number of pyridine rings is 1. The van der Waals surface area contributed by atoms with Crippen molar-refractivity contribution in [3.63, 3.8) is 0 Å². The summed E-state index contributed by atoms with van der Waals surface area (Å²) in [6.45, 7) is 0. The van der Waals surface area contributed by atoms with E-state index in [0.29, 0.717) is 0 Å². The number of hydrogen-bond donors (Lipinski definition) is 2. The number of aromatic amines is 1. The minimum atomic E-state index is -0.610. The molecule has 3 nitrogen and oxygen atoms in total. The van der Waals surface area contributed by atoms with E-state index in [1.54, 1.807) is 6.07 Å². The molecule has 5 heteroatoms. The minimum absolute atomic E-state index is 0.0736. The highest BCUT2D eigenvalue weighted by atomic mass is 19.1. The van der Waals surface area contributed by atoms with Gasteiger partial charge >= 0.3 is 0 Å². The Kier molecular flexibility index (Phi) is 3.26. The van der Waals surface area contributed by atoms with Crippen molar-refractivity contribution in [1.29, 1.82) is 0 Å². The van der Waals surface area contributed by atoms with Crippen molar-refractivity contribution in [3.8, 4) is 0 Å². The maximum absolute atomic E-state index is 13.7. The molecule has 0 spiro atoms. The van der Waals surface area contributed by atoms with Gasteiger partial charge in [0.1, 0.15) is 11.6 Å². The van der Waals surface area contributed by atoms with E-state index in [1.165, 1.54) is 18.2 Å². The average Bonchev–Trinajstić information content (AvgIpc) is 2.41. The van der Waals surface area contributed by atoms with Gasteiger partial charge in [0.25, 0.3) is 0 Å². The van der Waals surface area contributed by atoms with Gasteiger partial charge in [0.15, 0.2) is 0 Å². The number of anilines is 1. The highest BCUT2D eigenvalue weighted by molar-refractivity contribution is 5.47. The Hall–Kier alpha value is -2.17. The van der Waals surface area contributed by atoms with E-state index < -0.39 is 11.6 Å². The Morgan fingerprint density at radius 1 is 1.20 bits per heavy atom. The molecule has 2 N–H and O–H groups in total. The highest BCUT2D eigenvalue weighted by Gasteiger charge is 2.21. The highest BCUT2D eigenvalue weighted by Crippen LogP contribution is 2.31. The van der Waals surface area contributed by atoms with Gasteiger partial charge in [-0.15, -0.1) is 0 Å². The third-order valence-corrected chi connectivity index (χ3v) is 3.59. The van der Waals surface area contributed by atoms with Gasteiger partial charge in [-0.1, -0.05) is 0 Å². The SMILES string of the molecule is O=c1ccc2c([nH]1)CCCC2Nc1ccc(F)cc1F. The molecule has 1 aromatic carbocycles. The van der Waals surface area contributed by atoms with E-state index in [1.807, 2.05) is 0 Å². The van der Waals surface area contributed by atoms with Crippen LogP contribution in [0.2, 0.25) is 0 Å². The molecule has 1 aliphatic carbocycles. The molecule has 1 heterocycles. The second-order valence-electron chi connectivity index (χ2n) is 4.97. The molecular weight excluding hydrogens is 262 g/mol. The summed E-state index contributed by atoms with van der Waals surface area (Å²) in [4.78, 5) is 14.1. The zero-order chi connectivity index (χ0) is 14.1. The Morgan fingerprint density at radius 2 is 2.05 bits per heavy atom. The third-order valence-electron chi connectivity index (χ3n) is 3.59. The minimum Gasteiger partial charge on any atom is -0.376 e. The van der Waals surface area contributed by atoms with Crippen molar-refractivity contribution in [2.45, 2.75) is 25.3 Å². The van der Waals surface area contributed by atoms with E-state index in [2.05, 4.69) is 10.3 Å². The molecule has 1 atom stereocenters. The van der Waals surface area contributed by atoms with Crippen LogP contribution in [0, 0.1) is 11.6 Å². The predicted molar refractivity (Wildman–Crippen MR) is 72.7 cm³/mol. The van der Waals surface area contributed by atoms with Crippen LogP contribution in [0.3, 0.4) is 0 Å². The van der Waals surface area contributed by atoms with Crippen LogP contribution >= 0.6 is 0 Å². The summed E-state index contributed by atoms with van der Waals surface area (Å²) < 4.78 is 26.6. The van der Waals surface area contributed by atoms with Crippen molar-refractivity contribution in [2.75, 3.05) is 5.32 Å². The Balaban J connectivity index is 1.91. The predicted octanol–water partition coefficient (Wildman–Crippen LogP) is 3.14. The first-order valence-electron chi connectivity index (χ1n) is 6.57. The Bertz CT molecular complexity index is 697. The van der Waals surface area contributed by atoms with E-state index in [-0.39, 0.29) is 17.3 Å². The number of aryl methyl sites for hydroxylation is 1. The summed E-state index contributed by atoms with van der Waals surface area (Å²) in [5.41, 5.74) is 2.01. The van der Waals surface area contributed by atoms with Crippen LogP contribution in [0.25, 0.3) is 0 Å². The van der Waals surface area contributed by atoms with Gasteiger partial charge < -0.3 is 10.3 Å². The van der Waals surface area contributed by atoms with Gasteiger partial charge in [-0.25, -0.2) is 8.78 Å². The lowest BCUT2D eigenvalue weighted by Gasteiger charge is -2.26. The molecule has 1 unspecified atom stereocenters. The number of halogens is 2. The number of benzene rings is 1. The average molecular weight is 276 g/mol. The molecule has 0 fully saturated rings. The smallest absolute Gasteiger partial charge is 0.248 e. The van der Waals surface area contributed by atoms with E-state index in [9.17, 15) is 13.6 Å². The molecule has 3 rings (SSSR count). The van der Waals surface area contributed by atoms with Crippen molar-refractivity contribution in [1.82, 2.24) is 4.98 Å². The summed E-state index contributed by atoms with van der Waals surface area (Å²) in [5, 5.41) is 3.09. The largest absolute Gasteiger partial charge is 0.376 e. The molecule has 0 amide bonds. The molecular formula is C15H14F2N2O. The third kappa shape index (κ3) is 2.43. The van der Waals surface area contributed by atoms with Crippen molar-refractivity contribution >= 4 is 5.69 Å². The zero-order valence-electron chi connectivity index (χ0n) is 10.7. The normalized spacial score (nSPS) is 17.6. The van der Waals surface area contributed by atoms with Crippen LogP contribution < -0.4 is 10.9 Å². The summed E-state index contributed by atoms with van der Waals surface area (Å²) in [5.74, 6) is -1.21. The number of nitrogens with one attached hydrogen (secondary N) is 2. The molecule has 104 valence electrons. The second-order valence-corrected chi connectivity index (χ2v) is 4.97. The molecule has 0 radical (unpaired) electrons. The lowest BCUT2D eigenvalue weighted by molar-refractivity contribution is 0.566. The fourth-order valence-corrected chi connectivity index (χ4v) is 2.64. The van der Waals surface area contributed by atoms with Crippen molar-refractivity contribution < 1.29 is 8.78 Å². The first-order chi connectivity index (χ1) is 9.63. The van der Waals surface area contributed by atoms with Gasteiger partial charge in [-0.05, 0) is 43.0 Å². The fraction of sp³-hybridized carbons (Fsp3) is 0.267. The van der Waals surface area contributed by atoms with Gasteiger partial charge in [-0.3, -0.25) is 4.79 Å². The molecule has 20 heavy (non-hydrogen) atoms. The molecule has 0 bridgehead atoms. The molecule has 0 aliphatic heterocycles. The molecule has 0 saturated carbocycles. The number of fused-ring (bicyclic) bond motifs is 1. The van der Waals surface area contributed by atoms with Crippen LogP contribution in [0.4, 0.5) is 14.5 Å². The first-order valence-corrected chi connectivity index (χ1v) is 6.57. The number of H-pyrrole nitrogens is 1. The van der Waals surface area contributed by atoms with E-state index >= 15 is 0 Å². The van der Waals surface area contributed by atoms with Gasteiger partial charge in [0.05, 0.1) is 11.7 Å². The van der Waals surface area contributed by atoms with Gasteiger partial charge in [0.2, 0.25) is 5.56 Å². The summed E-state index contributed by atoms with van der Waals surface area (Å²) in [6.07, 6.45) is 2.57. The topological polar surface area (TPSA) is 44.9 Å². The maximum Gasteiger partial charge on any atom is 0.248 e. The lowest BCUT2D eigenvalue weighted by Crippen LogP contribution is -2.22. The quantitative estimate of drug-likeness (QED) is 0.885. The zero-order valence-corrected chi connectivity index (χ0v) is 10.7. The van der Waals surface area contributed by atoms with E-state index in [0.717, 1.165) is 36.6 Å². The standard InChI is InChI=1S/C15H14F2N2O/c16-9-4-6-14(11(17)8-9)18-12-2-1-3-13-10(12)5-7-15(20)19-13/h4-8,12,18H,1-3H2,(H,19,20). The maximum atomic E-state index is 13.7. The Morgan fingerprint density at radius 3 is 2.85 bits per heavy atom. The summed E-state index contributed by atoms with van der Waals surface area (Å²) in [6, 6.07) is 6.65.